The number of aromatic nitrogens is 2. The van der Waals surface area contributed by atoms with Crippen molar-refractivity contribution in [2.75, 3.05) is 6.23 Å². The minimum atomic E-state index is -1.32. The van der Waals surface area contributed by atoms with Crippen LogP contribution in [0.5, 0.6) is 11.5 Å². The second-order valence-electron chi connectivity index (χ2n) is 7.98. The molecule has 0 unspecified atom stereocenters. The zero-order valence-corrected chi connectivity index (χ0v) is 16.6. The highest BCUT2D eigenvalue weighted by Gasteiger charge is 2.29. The summed E-state index contributed by atoms with van der Waals surface area (Å²) in [6.07, 6.45) is 3.65. The third kappa shape index (κ3) is 5.80. The normalized spacial score (nSPS) is 12.2. The Morgan fingerprint density at radius 2 is 1.52 bits per heavy atom. The van der Waals surface area contributed by atoms with Crippen molar-refractivity contribution in [2.45, 2.75) is 38.4 Å². The van der Waals surface area contributed by atoms with E-state index in [1.807, 2.05) is 24.3 Å². The Bertz CT molecular complexity index is 635. The first-order chi connectivity index (χ1) is 10.6. The number of hydrogen-bond acceptors (Lipinski definition) is 4. The van der Waals surface area contributed by atoms with Gasteiger partial charge in [0.2, 0.25) is 0 Å². The fourth-order valence-electron chi connectivity index (χ4n) is 2.94. The number of ether oxygens (including phenoxy) is 1. The molecule has 2 rings (SSSR count). The molecule has 23 heavy (non-hydrogen) atoms. The predicted molar refractivity (Wildman–Crippen MR) is 100 cm³/mol. The largest absolute Gasteiger partial charge is 0.505 e. The zero-order chi connectivity index (χ0) is 17.1. The van der Waals surface area contributed by atoms with E-state index >= 15 is 0 Å². The molecule has 2 aromatic rings. The van der Waals surface area contributed by atoms with Crippen LogP contribution in [0.3, 0.4) is 0 Å². The van der Waals surface area contributed by atoms with Crippen molar-refractivity contribution in [3.63, 3.8) is 0 Å². The highest BCUT2D eigenvalue weighted by Crippen LogP contribution is 2.23. The average molecular weight is 347 g/mol. The molecular formula is C17H26N2O2Si2. The molecule has 1 heterocycles. The molecule has 0 saturated heterocycles. The third-order valence-corrected chi connectivity index (χ3v) is 12.4. The van der Waals surface area contributed by atoms with Crippen molar-refractivity contribution in [1.29, 1.82) is 0 Å². The lowest BCUT2D eigenvalue weighted by molar-refractivity contribution is 0.377. The maximum Gasteiger partial charge on any atom is 0.159 e. The lowest BCUT2D eigenvalue weighted by Crippen LogP contribution is -2.42. The molecule has 0 atom stereocenters. The maximum absolute atomic E-state index is 9.24. The molecule has 0 aliphatic rings. The second kappa shape index (κ2) is 6.84. The van der Waals surface area contributed by atoms with Gasteiger partial charge in [-0.05, 0) is 24.3 Å². The molecular weight excluding hydrogens is 320 g/mol. The summed E-state index contributed by atoms with van der Waals surface area (Å²) in [4.78, 5) is 8.23. The fraction of sp³-hybridized carbons (Fsp3) is 0.412. The molecule has 0 fully saturated rings. The molecule has 124 valence electrons. The van der Waals surface area contributed by atoms with Gasteiger partial charge < -0.3 is 9.84 Å². The van der Waals surface area contributed by atoms with Crippen LogP contribution in [0.1, 0.15) is 0 Å². The van der Waals surface area contributed by atoms with E-state index in [9.17, 15) is 5.11 Å². The van der Waals surface area contributed by atoms with Gasteiger partial charge in [0.1, 0.15) is 5.75 Å². The molecule has 6 heteroatoms. The second-order valence-corrected chi connectivity index (χ2v) is 19.1. The van der Waals surface area contributed by atoms with E-state index in [1.165, 1.54) is 18.1 Å². The number of benzene rings is 1. The van der Waals surface area contributed by atoms with Crippen LogP contribution in [-0.4, -0.2) is 37.5 Å². The van der Waals surface area contributed by atoms with Crippen LogP contribution in [0.25, 0.3) is 11.4 Å². The molecule has 0 amide bonds. The van der Waals surface area contributed by atoms with E-state index in [1.54, 1.807) is 0 Å². The van der Waals surface area contributed by atoms with Crippen LogP contribution < -0.4 is 4.74 Å². The van der Waals surface area contributed by atoms with Crippen LogP contribution >= 0.6 is 0 Å². The molecule has 0 saturated carbocycles. The average Bonchev–Trinajstić information content (AvgIpc) is 2.44. The summed E-state index contributed by atoms with van der Waals surface area (Å²) in [5, 5.41) is 9.24. The molecule has 1 aromatic carbocycles. The zero-order valence-electron chi connectivity index (χ0n) is 14.6. The van der Waals surface area contributed by atoms with Crippen molar-refractivity contribution in [1.82, 2.24) is 9.97 Å². The van der Waals surface area contributed by atoms with Crippen LogP contribution in [0.2, 0.25) is 38.4 Å². The molecule has 1 aromatic heterocycles. The van der Waals surface area contributed by atoms with E-state index in [2.05, 4.69) is 42.7 Å². The topological polar surface area (TPSA) is 55.2 Å². The quantitative estimate of drug-likeness (QED) is 0.790. The van der Waals surface area contributed by atoms with Gasteiger partial charge in [-0.3, -0.25) is 0 Å². The Morgan fingerprint density at radius 3 is 2.04 bits per heavy atom. The van der Waals surface area contributed by atoms with Crippen molar-refractivity contribution in [3.8, 4) is 22.9 Å². The van der Waals surface area contributed by atoms with E-state index in [-0.39, 0.29) is 5.75 Å². The van der Waals surface area contributed by atoms with E-state index < -0.39 is 16.1 Å². The minimum Gasteiger partial charge on any atom is -0.505 e. The highest BCUT2D eigenvalue weighted by atomic mass is 28.4. The fourth-order valence-corrected chi connectivity index (χ4v) is 15.4. The van der Waals surface area contributed by atoms with Crippen LogP contribution in [0, 0.1) is 0 Å². The van der Waals surface area contributed by atoms with Crippen molar-refractivity contribution in [2.24, 2.45) is 0 Å². The predicted octanol–water partition coefficient (Wildman–Crippen LogP) is 4.35. The first-order valence-corrected chi connectivity index (χ1v) is 15.0. The molecule has 1 N–H and O–H groups in total. The Balaban J connectivity index is 1.99. The minimum absolute atomic E-state index is 0.0725. The summed E-state index contributed by atoms with van der Waals surface area (Å²) in [6, 6.07) is 7.83. The third-order valence-electron chi connectivity index (χ3n) is 3.39. The molecule has 0 aliphatic carbocycles. The van der Waals surface area contributed by atoms with Crippen LogP contribution in [0.15, 0.2) is 36.7 Å². The summed E-state index contributed by atoms with van der Waals surface area (Å²) in [6.45, 7) is 12.1. The molecule has 0 spiro atoms. The van der Waals surface area contributed by atoms with Gasteiger partial charge in [-0.15, -0.1) is 0 Å². The smallest absolute Gasteiger partial charge is 0.159 e. The summed E-state index contributed by atoms with van der Waals surface area (Å²) in [5.74, 6) is 1.56. The van der Waals surface area contributed by atoms with Gasteiger partial charge >= 0.3 is 0 Å². The van der Waals surface area contributed by atoms with E-state index in [0.29, 0.717) is 5.82 Å². The first-order valence-electron chi connectivity index (χ1n) is 7.89. The van der Waals surface area contributed by atoms with Gasteiger partial charge in [0.15, 0.2) is 11.6 Å². The van der Waals surface area contributed by atoms with Gasteiger partial charge in [0.25, 0.3) is 0 Å². The molecule has 0 aliphatic heterocycles. The lowest BCUT2D eigenvalue weighted by atomic mass is 10.2. The number of rotatable bonds is 6. The number of nitrogens with zero attached hydrogens (tertiary/aromatic N) is 2. The summed E-state index contributed by atoms with van der Waals surface area (Å²) < 4.78 is 6.03. The Kier molecular flexibility index (Phi) is 5.26. The number of hydrogen-bond donors (Lipinski definition) is 1. The Morgan fingerprint density at radius 1 is 0.957 bits per heavy atom. The molecule has 0 radical (unpaired) electrons. The molecule has 0 bridgehead atoms. The monoisotopic (exact) mass is 346 g/mol. The van der Waals surface area contributed by atoms with Gasteiger partial charge in [-0.1, -0.05) is 38.4 Å². The van der Waals surface area contributed by atoms with Gasteiger partial charge in [0, 0.05) is 13.6 Å². The van der Waals surface area contributed by atoms with E-state index in [0.717, 1.165) is 17.5 Å². The standard InChI is InChI=1S/C17H26N2O2Si2/c1-22(2,3)13-23(4,5)12-21-16-8-6-14(7-9-16)17-18-10-15(20)11-19-17/h6-11,20H,12-13H2,1-5H3. The number of aromatic hydroxyl groups is 1. The van der Waals surface area contributed by atoms with Gasteiger partial charge in [0.05, 0.1) is 26.7 Å². The van der Waals surface area contributed by atoms with Crippen molar-refractivity contribution >= 4 is 16.1 Å². The maximum atomic E-state index is 9.24. The summed E-state index contributed by atoms with van der Waals surface area (Å²) >= 11 is 0. The first kappa shape index (κ1) is 17.7. The molecule has 4 nitrogen and oxygen atoms in total. The van der Waals surface area contributed by atoms with Crippen LogP contribution in [-0.2, 0) is 0 Å². The van der Waals surface area contributed by atoms with Gasteiger partial charge in [-0.25, -0.2) is 9.97 Å². The Labute approximate surface area is 140 Å². The van der Waals surface area contributed by atoms with Gasteiger partial charge in [-0.2, -0.15) is 0 Å². The van der Waals surface area contributed by atoms with E-state index in [4.69, 9.17) is 4.74 Å². The SMILES string of the molecule is C[Si](C)(C)C[Si](C)(C)COc1ccc(-c2ncc(O)cn2)cc1. The van der Waals surface area contributed by atoms with Crippen molar-refractivity contribution < 1.29 is 9.84 Å². The van der Waals surface area contributed by atoms with Crippen LogP contribution in [0.4, 0.5) is 0 Å². The summed E-state index contributed by atoms with van der Waals surface area (Å²) in [5.41, 5.74) is 2.29. The Hall–Kier alpha value is -1.67. The summed E-state index contributed by atoms with van der Waals surface area (Å²) in [7, 11) is -2.36. The highest BCUT2D eigenvalue weighted by molar-refractivity contribution is 6.94. The lowest BCUT2D eigenvalue weighted by Gasteiger charge is -2.29. The van der Waals surface area contributed by atoms with Crippen molar-refractivity contribution in [3.05, 3.63) is 36.7 Å².